The molecule has 0 saturated carbocycles. The maximum atomic E-state index is 13.3. The molecule has 0 amide bonds. The highest BCUT2D eigenvalue weighted by atomic mass is 32.1. The van der Waals surface area contributed by atoms with Gasteiger partial charge >= 0.3 is 5.97 Å². The van der Waals surface area contributed by atoms with Crippen molar-refractivity contribution in [3.8, 4) is 0 Å². The van der Waals surface area contributed by atoms with E-state index in [-0.39, 0.29) is 5.82 Å². The fourth-order valence-corrected chi connectivity index (χ4v) is 2.75. The maximum Gasteiger partial charge on any atom is 0.337 e. The van der Waals surface area contributed by atoms with E-state index in [1.165, 1.54) is 24.3 Å². The van der Waals surface area contributed by atoms with Crippen LogP contribution in [0, 0.1) is 12.7 Å². The Hall–Kier alpha value is -1.57. The van der Waals surface area contributed by atoms with Crippen LogP contribution in [0.1, 0.15) is 24.1 Å². The van der Waals surface area contributed by atoms with Gasteiger partial charge in [0.1, 0.15) is 11.3 Å². The van der Waals surface area contributed by atoms with E-state index in [0.29, 0.717) is 11.3 Å². The number of nitrogens with zero attached hydrogens (tertiary/aromatic N) is 1. The summed E-state index contributed by atoms with van der Waals surface area (Å²) in [5.74, 6) is 5.07. The molecular formula is C14H18FN3O2S. The monoisotopic (exact) mass is 311 g/mol. The van der Waals surface area contributed by atoms with E-state index in [4.69, 9.17) is 10.6 Å². The Labute approximate surface area is 128 Å². The number of benzene rings is 1. The van der Waals surface area contributed by atoms with Gasteiger partial charge in [0.2, 0.25) is 0 Å². The van der Waals surface area contributed by atoms with Gasteiger partial charge in [0, 0.05) is 5.70 Å². The fourth-order valence-electron chi connectivity index (χ4n) is 2.43. The molecule has 1 aliphatic rings. The fraction of sp³-hybridized carbons (Fsp3) is 0.357. The third kappa shape index (κ3) is 2.90. The Bertz CT molecular complexity index is 606. The molecule has 7 heteroatoms. The Balaban J connectivity index is 2.56. The lowest BCUT2D eigenvalue weighted by Gasteiger charge is -2.38. The first-order valence-corrected chi connectivity index (χ1v) is 6.91. The van der Waals surface area contributed by atoms with Crippen molar-refractivity contribution >= 4 is 18.6 Å². The number of allylic oxidation sites excluding steroid dienone is 1. The number of thiol groups is 1. The van der Waals surface area contributed by atoms with E-state index >= 15 is 0 Å². The van der Waals surface area contributed by atoms with Crippen LogP contribution in [0.2, 0.25) is 0 Å². The number of hydrogen-bond acceptors (Lipinski definition) is 6. The second kappa shape index (κ2) is 6.05. The van der Waals surface area contributed by atoms with Gasteiger partial charge in [-0.05, 0) is 37.1 Å². The van der Waals surface area contributed by atoms with Crippen molar-refractivity contribution in [1.29, 1.82) is 0 Å². The molecule has 0 radical (unpaired) electrons. The molecule has 1 aliphatic heterocycles. The molecule has 2 rings (SSSR count). The second-order valence-electron chi connectivity index (χ2n) is 4.87. The van der Waals surface area contributed by atoms with Crippen molar-refractivity contribution in [2.24, 2.45) is 5.84 Å². The quantitative estimate of drug-likeness (QED) is 0.440. The van der Waals surface area contributed by atoms with E-state index in [0.717, 1.165) is 11.1 Å². The highest BCUT2D eigenvalue weighted by Gasteiger charge is 2.35. The summed E-state index contributed by atoms with van der Waals surface area (Å²) in [5.41, 5.74) is 2.00. The SMILES string of the molecule is COC(=O)C1=C(C)N(N)C(S)NC1c1ccc(F)cc1C. The van der Waals surface area contributed by atoms with Gasteiger partial charge in [-0.15, -0.1) is 12.6 Å². The zero-order chi connectivity index (χ0) is 15.7. The van der Waals surface area contributed by atoms with Gasteiger partial charge in [-0.25, -0.2) is 15.0 Å². The first kappa shape index (κ1) is 15.8. The zero-order valence-corrected chi connectivity index (χ0v) is 12.9. The minimum absolute atomic E-state index is 0.324. The summed E-state index contributed by atoms with van der Waals surface area (Å²) in [6.45, 7) is 3.51. The molecule has 1 heterocycles. The largest absolute Gasteiger partial charge is 0.466 e. The lowest BCUT2D eigenvalue weighted by molar-refractivity contribution is -0.137. The second-order valence-corrected chi connectivity index (χ2v) is 5.36. The van der Waals surface area contributed by atoms with Crippen LogP contribution in [-0.4, -0.2) is 23.6 Å². The molecule has 0 aromatic heterocycles. The van der Waals surface area contributed by atoms with Crippen molar-refractivity contribution in [2.75, 3.05) is 7.11 Å². The number of aryl methyl sites for hydroxylation is 1. The summed E-state index contributed by atoms with van der Waals surface area (Å²) in [6, 6.07) is 3.96. The number of nitrogens with two attached hydrogens (primary N) is 1. The highest BCUT2D eigenvalue weighted by molar-refractivity contribution is 7.80. The van der Waals surface area contributed by atoms with Gasteiger partial charge < -0.3 is 4.74 Å². The first-order valence-electron chi connectivity index (χ1n) is 6.40. The summed E-state index contributed by atoms with van der Waals surface area (Å²) < 4.78 is 18.1. The number of ether oxygens (including phenoxy) is 1. The summed E-state index contributed by atoms with van der Waals surface area (Å²) in [7, 11) is 1.31. The Morgan fingerprint density at radius 2 is 2.14 bits per heavy atom. The Kier molecular flexibility index (Phi) is 4.55. The number of hydrazine groups is 1. The van der Waals surface area contributed by atoms with E-state index in [1.54, 1.807) is 19.9 Å². The summed E-state index contributed by atoms with van der Waals surface area (Å²) in [6.07, 6.45) is 0. The van der Waals surface area contributed by atoms with Crippen molar-refractivity contribution in [2.45, 2.75) is 25.4 Å². The molecule has 2 unspecified atom stereocenters. The summed E-state index contributed by atoms with van der Waals surface area (Å²) >= 11 is 4.35. The van der Waals surface area contributed by atoms with Crippen LogP contribution in [0.4, 0.5) is 4.39 Å². The molecule has 0 spiro atoms. The van der Waals surface area contributed by atoms with Crippen molar-refractivity contribution in [3.63, 3.8) is 0 Å². The van der Waals surface area contributed by atoms with Crippen LogP contribution in [0.5, 0.6) is 0 Å². The molecule has 0 fully saturated rings. The maximum absolute atomic E-state index is 13.3. The summed E-state index contributed by atoms with van der Waals surface area (Å²) in [4.78, 5) is 12.1. The number of nitrogens with one attached hydrogen (secondary N) is 1. The van der Waals surface area contributed by atoms with Gasteiger partial charge in [-0.2, -0.15) is 0 Å². The number of esters is 1. The van der Waals surface area contributed by atoms with Crippen LogP contribution in [-0.2, 0) is 9.53 Å². The van der Waals surface area contributed by atoms with Crippen LogP contribution >= 0.6 is 12.6 Å². The van der Waals surface area contributed by atoms with Gasteiger partial charge in [-0.1, -0.05) is 6.07 Å². The topological polar surface area (TPSA) is 67.6 Å². The van der Waals surface area contributed by atoms with E-state index in [1.807, 2.05) is 0 Å². The van der Waals surface area contributed by atoms with Crippen LogP contribution in [0.25, 0.3) is 0 Å². The number of carbonyl (C=O) groups excluding carboxylic acids is 1. The zero-order valence-electron chi connectivity index (χ0n) is 12.1. The van der Waals surface area contributed by atoms with Crippen molar-refractivity contribution in [3.05, 3.63) is 46.4 Å². The highest BCUT2D eigenvalue weighted by Crippen LogP contribution is 2.33. The predicted molar refractivity (Wildman–Crippen MR) is 80.5 cm³/mol. The number of hydrogen-bond donors (Lipinski definition) is 3. The molecule has 0 aliphatic carbocycles. The lowest BCUT2D eigenvalue weighted by atomic mass is 9.92. The molecule has 1 aromatic rings. The Morgan fingerprint density at radius 3 is 2.71 bits per heavy atom. The average Bonchev–Trinajstić information content (AvgIpc) is 2.44. The number of methoxy groups -OCH3 is 1. The minimum atomic E-state index is -0.482. The molecule has 5 nitrogen and oxygen atoms in total. The first-order chi connectivity index (χ1) is 9.86. The molecular weight excluding hydrogens is 293 g/mol. The third-order valence-corrected chi connectivity index (χ3v) is 3.99. The molecule has 1 aromatic carbocycles. The average molecular weight is 311 g/mol. The third-order valence-electron chi connectivity index (χ3n) is 3.59. The molecule has 0 saturated heterocycles. The number of halogens is 1. The lowest BCUT2D eigenvalue weighted by Crippen LogP contribution is -2.52. The van der Waals surface area contributed by atoms with Crippen LogP contribution in [0.3, 0.4) is 0 Å². The van der Waals surface area contributed by atoms with Crippen molar-refractivity contribution in [1.82, 2.24) is 10.3 Å². The van der Waals surface area contributed by atoms with Crippen LogP contribution in [0.15, 0.2) is 29.5 Å². The standard InChI is InChI=1S/C14H18FN3O2S/c1-7-6-9(15)4-5-10(7)12-11(13(19)20-3)8(2)18(16)14(21)17-12/h4-6,12,14,17,21H,16H2,1-3H3. The molecule has 3 N–H and O–H groups in total. The van der Waals surface area contributed by atoms with Gasteiger partial charge in [-0.3, -0.25) is 10.3 Å². The van der Waals surface area contributed by atoms with Crippen LogP contribution < -0.4 is 11.2 Å². The molecule has 2 atom stereocenters. The van der Waals surface area contributed by atoms with Gasteiger partial charge in [0.25, 0.3) is 0 Å². The Morgan fingerprint density at radius 1 is 1.48 bits per heavy atom. The van der Waals surface area contributed by atoms with Gasteiger partial charge in [0.15, 0.2) is 0 Å². The molecule has 0 bridgehead atoms. The summed E-state index contributed by atoms with van der Waals surface area (Å²) in [5, 5.41) is 4.47. The van der Waals surface area contributed by atoms with E-state index < -0.39 is 17.5 Å². The minimum Gasteiger partial charge on any atom is -0.466 e. The molecule has 114 valence electrons. The van der Waals surface area contributed by atoms with E-state index in [2.05, 4.69) is 17.9 Å². The number of rotatable bonds is 2. The predicted octanol–water partition coefficient (Wildman–Crippen LogP) is 1.61. The van der Waals surface area contributed by atoms with E-state index in [9.17, 15) is 9.18 Å². The smallest absolute Gasteiger partial charge is 0.337 e. The van der Waals surface area contributed by atoms with Gasteiger partial charge in [0.05, 0.1) is 18.7 Å². The normalized spacial score (nSPS) is 22.5. The van der Waals surface area contributed by atoms with Crippen molar-refractivity contribution < 1.29 is 13.9 Å². The molecule has 21 heavy (non-hydrogen) atoms. The number of carbonyl (C=O) groups is 1.